The number of alkyl halides is 1. The maximum absolute atomic E-state index is 17.2. The molecule has 4 aliphatic rings. The number of aryl methyl sites for hydroxylation is 2. The Kier molecular flexibility index (Phi) is 15.6. The lowest BCUT2D eigenvalue weighted by Gasteiger charge is -2.38. The topological polar surface area (TPSA) is 216 Å². The zero-order chi connectivity index (χ0) is 56.1. The number of likely N-dealkylation sites (tertiary alicyclic amines) is 2. The van der Waals surface area contributed by atoms with Crippen LogP contribution in [0.25, 0.3) is 44.2 Å². The van der Waals surface area contributed by atoms with Crippen LogP contribution in [-0.2, 0) is 27.3 Å². The number of aliphatic hydroxyl groups is 2. The van der Waals surface area contributed by atoms with Gasteiger partial charge >= 0.3 is 6.01 Å². The molecule has 6 aromatic rings. The Balaban J connectivity index is 0.823. The standard InChI is InChI=1S/C58H68F3N9O8S/c1-7-39-42(59)13-12-33-22-36(71)24-40(45(33)39)48-46(60)49-41(27-62-48)51(69-19-8-15-57(6,76)30-69)67-55(65-49)78-38-14-20-68(29-38)18-9-21-77-44-23-34(47-32(2)79-31-64-47)10-11-35(44)26-63-52(73)43-25-37(72)28-70(43)53(74)50(56(3,4)5)66-54(75)58(61)16-17-58/h10-13,22-24,27,31,37-38,43,50,71-72,76H,7-9,14-21,25-26,28-30H2,1-6H3,(H,63,73)(H,66,75)/t37-,38?,43+,50-,57-/m1/s1. The Morgan fingerprint density at radius 3 is 2.53 bits per heavy atom. The molecule has 21 heteroatoms. The number of aromatic nitrogens is 4. The van der Waals surface area contributed by atoms with E-state index in [1.165, 1.54) is 40.6 Å². The van der Waals surface area contributed by atoms with Crippen molar-refractivity contribution in [2.24, 2.45) is 5.41 Å². The molecule has 3 aliphatic heterocycles. The summed E-state index contributed by atoms with van der Waals surface area (Å²) in [6, 6.07) is 9.23. The monoisotopic (exact) mass is 1110 g/mol. The number of amides is 3. The number of hydrogen-bond acceptors (Lipinski definition) is 15. The fourth-order valence-electron chi connectivity index (χ4n) is 11.2. The summed E-state index contributed by atoms with van der Waals surface area (Å²) in [7, 11) is 0. The van der Waals surface area contributed by atoms with Gasteiger partial charge in [0.15, 0.2) is 11.5 Å². The SMILES string of the molecule is CCc1c(F)ccc2cc(O)cc(-c3ncc4c(N5CCC[C@@](C)(O)C5)nc(OC5CCN(CCCOc6cc(-c7ncsc7C)ccc6CNC(=O)[C@@H]6C[C@@H](O)CN6C(=O)[C@@H](NC(=O)C6(F)CC6)C(C)(C)C)C5)nc4c3F)c12. The number of halogens is 3. The molecular formula is C58H68F3N9O8S. The number of hydrogen-bond donors (Lipinski definition) is 5. The molecular weight excluding hydrogens is 1040 g/mol. The highest BCUT2D eigenvalue weighted by molar-refractivity contribution is 7.10. The normalized spacial score (nSPS) is 21.6. The highest BCUT2D eigenvalue weighted by Gasteiger charge is 2.53. The van der Waals surface area contributed by atoms with Gasteiger partial charge in [-0.3, -0.25) is 24.3 Å². The van der Waals surface area contributed by atoms with Crippen LogP contribution >= 0.6 is 11.3 Å². The first-order valence-corrected chi connectivity index (χ1v) is 28.1. The number of rotatable bonds is 17. The number of thiazole rings is 1. The van der Waals surface area contributed by atoms with E-state index in [-0.39, 0.29) is 73.5 Å². The van der Waals surface area contributed by atoms with E-state index < -0.39 is 64.2 Å². The van der Waals surface area contributed by atoms with Crippen LogP contribution in [0.5, 0.6) is 17.5 Å². The van der Waals surface area contributed by atoms with Crippen LogP contribution in [0.4, 0.5) is 19.0 Å². The molecule has 0 radical (unpaired) electrons. The number of aliphatic hydroxyl groups excluding tert-OH is 1. The predicted molar refractivity (Wildman–Crippen MR) is 294 cm³/mol. The zero-order valence-corrected chi connectivity index (χ0v) is 46.2. The summed E-state index contributed by atoms with van der Waals surface area (Å²) in [5.41, 5.74) is 0.657. The van der Waals surface area contributed by atoms with Crippen molar-refractivity contribution in [3.8, 4) is 40.0 Å². The first-order valence-electron chi connectivity index (χ1n) is 27.2. The van der Waals surface area contributed by atoms with Crippen molar-refractivity contribution in [1.29, 1.82) is 0 Å². The summed E-state index contributed by atoms with van der Waals surface area (Å²) in [5.74, 6) is -2.38. The molecule has 420 valence electrons. The lowest BCUT2D eigenvalue weighted by atomic mass is 9.85. The Morgan fingerprint density at radius 1 is 1.01 bits per heavy atom. The highest BCUT2D eigenvalue weighted by Crippen LogP contribution is 2.42. The van der Waals surface area contributed by atoms with Gasteiger partial charge in [0.25, 0.3) is 5.91 Å². The third-order valence-corrected chi connectivity index (χ3v) is 16.4. The zero-order valence-electron chi connectivity index (χ0n) is 45.4. The number of fused-ring (bicyclic) bond motifs is 2. The van der Waals surface area contributed by atoms with Crippen LogP contribution in [0.1, 0.15) is 95.6 Å². The average molecular weight is 1110 g/mol. The van der Waals surface area contributed by atoms with Gasteiger partial charge in [0.1, 0.15) is 52.5 Å². The maximum atomic E-state index is 17.2. The van der Waals surface area contributed by atoms with E-state index in [0.29, 0.717) is 104 Å². The number of pyridine rings is 1. The Hall–Kier alpha value is -6.68. The van der Waals surface area contributed by atoms with E-state index >= 15 is 8.78 Å². The minimum Gasteiger partial charge on any atom is -0.508 e. The third-order valence-electron chi connectivity index (χ3n) is 15.6. The molecule has 6 heterocycles. The number of nitrogens with zero attached hydrogens (tertiary/aromatic N) is 7. The number of benzene rings is 3. The Bertz CT molecular complexity index is 3310. The number of anilines is 1. The van der Waals surface area contributed by atoms with E-state index in [1.54, 1.807) is 39.3 Å². The summed E-state index contributed by atoms with van der Waals surface area (Å²) < 4.78 is 60.1. The third kappa shape index (κ3) is 11.8. The maximum Gasteiger partial charge on any atom is 0.319 e. The first-order chi connectivity index (χ1) is 37.6. The number of β-amino-alcohol motifs (C(OH)–C–C–N with tert-alkyl or cyclic N) is 2. The lowest BCUT2D eigenvalue weighted by Crippen LogP contribution is -2.59. The highest BCUT2D eigenvalue weighted by atomic mass is 32.1. The molecule has 10 rings (SSSR count). The largest absolute Gasteiger partial charge is 0.508 e. The molecule has 5 atom stereocenters. The molecule has 5 N–H and O–H groups in total. The molecule has 4 fully saturated rings. The summed E-state index contributed by atoms with van der Waals surface area (Å²) in [5, 5.41) is 39.5. The van der Waals surface area contributed by atoms with E-state index in [1.807, 2.05) is 36.9 Å². The predicted octanol–water partition coefficient (Wildman–Crippen LogP) is 7.71. The second-order valence-electron chi connectivity index (χ2n) is 23.0. The minimum absolute atomic E-state index is 0.0112. The van der Waals surface area contributed by atoms with Gasteiger partial charge in [-0.05, 0) is 105 Å². The molecule has 79 heavy (non-hydrogen) atoms. The van der Waals surface area contributed by atoms with Gasteiger partial charge in [-0.15, -0.1) is 11.3 Å². The Labute approximate surface area is 460 Å². The smallest absolute Gasteiger partial charge is 0.319 e. The number of phenolic OH excluding ortho intramolecular Hbond substituents is 1. The number of phenols is 1. The first kappa shape index (κ1) is 55.6. The average Bonchev–Trinajstić information content (AvgIpc) is 3.95. The summed E-state index contributed by atoms with van der Waals surface area (Å²) in [4.78, 5) is 65.8. The summed E-state index contributed by atoms with van der Waals surface area (Å²) >= 11 is 1.52. The quantitative estimate of drug-likeness (QED) is 0.0554. The molecule has 3 aromatic carbocycles. The van der Waals surface area contributed by atoms with Crippen LogP contribution in [0.3, 0.4) is 0 Å². The van der Waals surface area contributed by atoms with Gasteiger partial charge in [0.2, 0.25) is 11.8 Å². The van der Waals surface area contributed by atoms with Gasteiger partial charge in [-0.1, -0.05) is 45.9 Å². The van der Waals surface area contributed by atoms with Gasteiger partial charge in [0.05, 0.1) is 34.9 Å². The van der Waals surface area contributed by atoms with E-state index in [9.17, 15) is 34.1 Å². The summed E-state index contributed by atoms with van der Waals surface area (Å²) in [6.07, 6.45) is 3.13. The van der Waals surface area contributed by atoms with Crippen LogP contribution in [0, 0.1) is 24.0 Å². The van der Waals surface area contributed by atoms with Crippen molar-refractivity contribution in [2.75, 3.05) is 50.8 Å². The number of carbonyl (C=O) groups is 3. The number of ether oxygens (including phenoxy) is 2. The number of piperidine rings is 1. The van der Waals surface area contributed by atoms with Crippen molar-refractivity contribution in [2.45, 2.75) is 135 Å². The van der Waals surface area contributed by atoms with Gasteiger partial charge < -0.3 is 45.2 Å². The Morgan fingerprint density at radius 2 is 1.81 bits per heavy atom. The van der Waals surface area contributed by atoms with Gasteiger partial charge in [0, 0.05) is 80.0 Å². The van der Waals surface area contributed by atoms with E-state index in [0.717, 1.165) is 16.1 Å². The van der Waals surface area contributed by atoms with E-state index in [4.69, 9.17) is 14.5 Å². The fourth-order valence-corrected chi connectivity index (χ4v) is 11.8. The molecule has 1 saturated carbocycles. The van der Waals surface area contributed by atoms with Crippen molar-refractivity contribution >= 4 is 56.6 Å². The molecule has 17 nitrogen and oxygen atoms in total. The molecule has 0 bridgehead atoms. The van der Waals surface area contributed by atoms with Crippen LogP contribution < -0.4 is 25.0 Å². The molecule has 3 aromatic heterocycles. The van der Waals surface area contributed by atoms with E-state index in [2.05, 4.69) is 30.5 Å². The molecule has 0 spiro atoms. The van der Waals surface area contributed by atoms with Crippen molar-refractivity contribution in [3.63, 3.8) is 0 Å². The second kappa shape index (κ2) is 22.1. The van der Waals surface area contributed by atoms with Crippen molar-refractivity contribution in [1.82, 2.24) is 40.4 Å². The lowest BCUT2D eigenvalue weighted by molar-refractivity contribution is -0.145. The summed E-state index contributed by atoms with van der Waals surface area (Å²) in [6.45, 7) is 13.7. The van der Waals surface area contributed by atoms with Crippen LogP contribution in [0.15, 0.2) is 54.2 Å². The molecule has 1 aliphatic carbocycles. The molecule has 3 saturated heterocycles. The van der Waals surface area contributed by atoms with Crippen molar-refractivity contribution < 1.29 is 52.3 Å². The molecule has 3 amide bonds. The van der Waals surface area contributed by atoms with Crippen molar-refractivity contribution in [3.05, 3.63) is 81.8 Å². The molecule has 1 unspecified atom stereocenters. The van der Waals surface area contributed by atoms with Gasteiger partial charge in [-0.25, -0.2) is 18.2 Å². The fraction of sp³-hybridized carbons (Fsp3) is 0.500. The number of nitrogens with one attached hydrogen (secondary N) is 2. The number of aromatic hydroxyl groups is 1. The minimum atomic E-state index is -2.00. The second-order valence-corrected chi connectivity index (χ2v) is 24.0. The number of carbonyl (C=O) groups excluding carboxylic acids is 3. The van der Waals surface area contributed by atoms with Crippen LogP contribution in [-0.4, -0.2) is 144 Å². The van der Waals surface area contributed by atoms with Crippen LogP contribution in [0.2, 0.25) is 0 Å². The van der Waals surface area contributed by atoms with Gasteiger partial charge in [-0.2, -0.15) is 9.97 Å².